The highest BCUT2D eigenvalue weighted by molar-refractivity contribution is 5.67. The zero-order chi connectivity index (χ0) is 13.8. The monoisotopic (exact) mass is 257 g/mol. The van der Waals surface area contributed by atoms with Crippen molar-refractivity contribution in [2.45, 2.75) is 19.4 Å². The average molecular weight is 257 g/mol. The van der Waals surface area contributed by atoms with Gasteiger partial charge in [-0.15, -0.1) is 0 Å². The highest BCUT2D eigenvalue weighted by Gasteiger charge is 2.11. The summed E-state index contributed by atoms with van der Waals surface area (Å²) in [5, 5.41) is 8.69. The Morgan fingerprint density at radius 3 is 2.63 bits per heavy atom. The maximum absolute atomic E-state index is 10.6. The number of hydrogen-bond acceptors (Lipinski definition) is 4. The van der Waals surface area contributed by atoms with Crippen LogP contribution in [0.4, 0.5) is 0 Å². The molecular formula is C14H15N3O2. The van der Waals surface area contributed by atoms with Crippen molar-refractivity contribution in [3.05, 3.63) is 47.8 Å². The van der Waals surface area contributed by atoms with Gasteiger partial charge in [0.1, 0.15) is 0 Å². The predicted molar refractivity (Wildman–Crippen MR) is 71.4 cm³/mol. The van der Waals surface area contributed by atoms with Crippen LogP contribution in [0.5, 0.6) is 0 Å². The van der Waals surface area contributed by atoms with E-state index >= 15 is 0 Å². The summed E-state index contributed by atoms with van der Waals surface area (Å²) in [5.41, 5.74) is 8.43. The lowest BCUT2D eigenvalue weighted by molar-refractivity contribution is -0.137. The summed E-state index contributed by atoms with van der Waals surface area (Å²) in [7, 11) is 0. The van der Waals surface area contributed by atoms with Crippen LogP contribution in [-0.2, 0) is 4.79 Å². The van der Waals surface area contributed by atoms with E-state index in [1.165, 1.54) is 0 Å². The number of nitrogens with zero attached hydrogens (tertiary/aromatic N) is 2. The number of carbonyl (C=O) groups is 1. The fraction of sp³-hybridized carbons (Fsp3) is 0.214. The molecule has 3 N–H and O–H groups in total. The molecule has 0 amide bonds. The second kappa shape index (κ2) is 5.58. The van der Waals surface area contributed by atoms with Crippen LogP contribution in [-0.4, -0.2) is 21.0 Å². The van der Waals surface area contributed by atoms with Gasteiger partial charge in [0.2, 0.25) is 0 Å². The van der Waals surface area contributed by atoms with Gasteiger partial charge in [-0.2, -0.15) is 0 Å². The second-order valence-electron chi connectivity index (χ2n) is 4.41. The zero-order valence-corrected chi connectivity index (χ0v) is 10.6. The maximum atomic E-state index is 10.6. The van der Waals surface area contributed by atoms with Gasteiger partial charge in [0.05, 0.1) is 6.42 Å². The predicted octanol–water partition coefficient (Wildman–Crippen LogP) is 1.93. The first-order valence-electron chi connectivity index (χ1n) is 5.92. The molecule has 0 unspecified atom stereocenters. The molecule has 2 rings (SSSR count). The molecule has 98 valence electrons. The average Bonchev–Trinajstić information content (AvgIpc) is 2.38. The van der Waals surface area contributed by atoms with Crippen molar-refractivity contribution in [1.82, 2.24) is 9.97 Å². The third-order valence-corrected chi connectivity index (χ3v) is 2.77. The Labute approximate surface area is 111 Å². The van der Waals surface area contributed by atoms with Crippen molar-refractivity contribution >= 4 is 5.97 Å². The lowest BCUT2D eigenvalue weighted by atomic mass is 10.1. The Morgan fingerprint density at radius 1 is 1.37 bits per heavy atom. The molecule has 19 heavy (non-hydrogen) atoms. The molecule has 0 aliphatic heterocycles. The Bertz CT molecular complexity index is 581. The van der Waals surface area contributed by atoms with Crippen molar-refractivity contribution < 1.29 is 9.90 Å². The van der Waals surface area contributed by atoms with E-state index in [-0.39, 0.29) is 6.42 Å². The molecule has 5 nitrogen and oxygen atoms in total. The quantitative estimate of drug-likeness (QED) is 0.873. The van der Waals surface area contributed by atoms with Gasteiger partial charge in [-0.1, -0.05) is 23.8 Å². The SMILES string of the molecule is Cc1cccc(-c2ncc([C@@H](N)CC(=O)O)cn2)c1. The third kappa shape index (κ3) is 3.35. The lowest BCUT2D eigenvalue weighted by Crippen LogP contribution is -2.15. The van der Waals surface area contributed by atoms with Crippen LogP contribution in [0.15, 0.2) is 36.7 Å². The minimum atomic E-state index is -0.935. The standard InChI is InChI=1S/C14H15N3O2/c1-9-3-2-4-10(5-9)14-16-7-11(8-17-14)12(15)6-13(18)19/h2-5,7-8,12H,6,15H2,1H3,(H,18,19)/t12-/m0/s1. The summed E-state index contributed by atoms with van der Waals surface area (Å²) in [6.07, 6.45) is 3.03. The normalized spacial score (nSPS) is 12.1. The van der Waals surface area contributed by atoms with Crippen LogP contribution in [0, 0.1) is 6.92 Å². The van der Waals surface area contributed by atoms with Gasteiger partial charge in [0, 0.05) is 29.6 Å². The Morgan fingerprint density at radius 2 is 2.05 bits per heavy atom. The van der Waals surface area contributed by atoms with E-state index in [2.05, 4.69) is 9.97 Å². The van der Waals surface area contributed by atoms with Crippen molar-refractivity contribution in [1.29, 1.82) is 0 Å². The number of aromatic nitrogens is 2. The van der Waals surface area contributed by atoms with Crippen molar-refractivity contribution in [2.75, 3.05) is 0 Å². The van der Waals surface area contributed by atoms with E-state index in [0.29, 0.717) is 11.4 Å². The van der Waals surface area contributed by atoms with Crippen LogP contribution in [0.25, 0.3) is 11.4 Å². The van der Waals surface area contributed by atoms with E-state index in [9.17, 15) is 4.79 Å². The van der Waals surface area contributed by atoms with E-state index in [4.69, 9.17) is 10.8 Å². The largest absolute Gasteiger partial charge is 0.481 e. The number of aryl methyl sites for hydroxylation is 1. The van der Waals surface area contributed by atoms with Gasteiger partial charge in [0.15, 0.2) is 5.82 Å². The van der Waals surface area contributed by atoms with Crippen LogP contribution in [0.3, 0.4) is 0 Å². The van der Waals surface area contributed by atoms with E-state index in [1.807, 2.05) is 31.2 Å². The number of carboxylic acid groups (broad SMARTS) is 1. The molecule has 0 aliphatic carbocycles. The van der Waals surface area contributed by atoms with Gasteiger partial charge >= 0.3 is 5.97 Å². The molecule has 1 aromatic heterocycles. The number of hydrogen-bond donors (Lipinski definition) is 2. The zero-order valence-electron chi connectivity index (χ0n) is 10.6. The molecule has 0 radical (unpaired) electrons. The Balaban J connectivity index is 2.21. The molecule has 1 aromatic carbocycles. The van der Waals surface area contributed by atoms with Crippen LogP contribution < -0.4 is 5.73 Å². The van der Waals surface area contributed by atoms with Crippen molar-refractivity contribution in [3.63, 3.8) is 0 Å². The van der Waals surface area contributed by atoms with Crippen LogP contribution in [0.1, 0.15) is 23.6 Å². The molecule has 2 aromatic rings. The first kappa shape index (κ1) is 13.2. The molecule has 0 bridgehead atoms. The summed E-state index contributed by atoms with van der Waals surface area (Å²) in [6.45, 7) is 2.00. The maximum Gasteiger partial charge on any atom is 0.305 e. The first-order chi connectivity index (χ1) is 9.06. The number of rotatable bonds is 4. The van der Waals surface area contributed by atoms with Crippen LogP contribution >= 0.6 is 0 Å². The van der Waals surface area contributed by atoms with Gasteiger partial charge < -0.3 is 10.8 Å². The minimum Gasteiger partial charge on any atom is -0.481 e. The smallest absolute Gasteiger partial charge is 0.305 e. The highest BCUT2D eigenvalue weighted by Crippen LogP contribution is 2.18. The third-order valence-electron chi connectivity index (χ3n) is 2.77. The van der Waals surface area contributed by atoms with Crippen LogP contribution in [0.2, 0.25) is 0 Å². The fourth-order valence-corrected chi connectivity index (χ4v) is 1.77. The molecule has 5 heteroatoms. The molecule has 0 saturated carbocycles. The molecular weight excluding hydrogens is 242 g/mol. The second-order valence-corrected chi connectivity index (χ2v) is 4.41. The summed E-state index contributed by atoms with van der Waals surface area (Å²) < 4.78 is 0. The number of aliphatic carboxylic acids is 1. The summed E-state index contributed by atoms with van der Waals surface area (Å²) >= 11 is 0. The number of carboxylic acids is 1. The minimum absolute atomic E-state index is 0.132. The summed E-state index contributed by atoms with van der Waals surface area (Å²) in [4.78, 5) is 19.1. The molecule has 1 atom stereocenters. The van der Waals surface area contributed by atoms with E-state index < -0.39 is 12.0 Å². The van der Waals surface area contributed by atoms with E-state index in [1.54, 1.807) is 12.4 Å². The summed E-state index contributed by atoms with van der Waals surface area (Å²) in [6, 6.07) is 7.29. The van der Waals surface area contributed by atoms with E-state index in [0.717, 1.165) is 11.1 Å². The van der Waals surface area contributed by atoms with Gasteiger partial charge in [-0.3, -0.25) is 4.79 Å². The molecule has 0 fully saturated rings. The first-order valence-corrected chi connectivity index (χ1v) is 5.92. The number of nitrogens with two attached hydrogens (primary N) is 1. The van der Waals surface area contributed by atoms with Gasteiger partial charge in [-0.25, -0.2) is 9.97 Å². The topological polar surface area (TPSA) is 89.1 Å². The molecule has 0 saturated heterocycles. The molecule has 0 aliphatic rings. The van der Waals surface area contributed by atoms with Crippen molar-refractivity contribution in [3.8, 4) is 11.4 Å². The molecule has 0 spiro atoms. The Hall–Kier alpha value is -2.27. The fourth-order valence-electron chi connectivity index (χ4n) is 1.77. The Kier molecular flexibility index (Phi) is 3.87. The number of benzene rings is 1. The van der Waals surface area contributed by atoms with Crippen molar-refractivity contribution in [2.24, 2.45) is 5.73 Å². The highest BCUT2D eigenvalue weighted by atomic mass is 16.4. The van der Waals surface area contributed by atoms with Gasteiger partial charge in [0.25, 0.3) is 0 Å². The molecule has 1 heterocycles. The lowest BCUT2D eigenvalue weighted by Gasteiger charge is -2.09. The van der Waals surface area contributed by atoms with Gasteiger partial charge in [-0.05, 0) is 13.0 Å². The summed E-state index contributed by atoms with van der Waals surface area (Å²) in [5.74, 6) is -0.328.